The lowest BCUT2D eigenvalue weighted by atomic mass is 10.1. The van der Waals surface area contributed by atoms with Crippen LogP contribution in [0, 0.1) is 13.8 Å². The molecule has 0 aromatic carbocycles. The fourth-order valence-electron chi connectivity index (χ4n) is 1.63. The van der Waals surface area contributed by atoms with E-state index in [1.54, 1.807) is 25.8 Å². The molecular formula is C11H18N2O3. The highest BCUT2D eigenvalue weighted by Crippen LogP contribution is 2.24. The second-order valence-electron chi connectivity index (χ2n) is 4.04. The standard InChI is InChI=1S/C11H18N2O3/c1-6-10(16-9(4)12-6)7(2)13(5)8(3)11(14)15/h7-8H,1-5H3,(H,14,15). The van der Waals surface area contributed by atoms with Crippen molar-refractivity contribution in [2.24, 2.45) is 0 Å². The van der Waals surface area contributed by atoms with Crippen molar-refractivity contribution < 1.29 is 14.3 Å². The molecule has 1 N–H and O–H groups in total. The van der Waals surface area contributed by atoms with Gasteiger partial charge in [0.05, 0.1) is 11.7 Å². The zero-order chi connectivity index (χ0) is 12.5. The summed E-state index contributed by atoms with van der Waals surface area (Å²) in [5, 5.41) is 8.93. The summed E-state index contributed by atoms with van der Waals surface area (Å²) >= 11 is 0. The smallest absolute Gasteiger partial charge is 0.320 e. The van der Waals surface area contributed by atoms with Gasteiger partial charge in [-0.25, -0.2) is 4.98 Å². The first-order valence-electron chi connectivity index (χ1n) is 5.23. The van der Waals surface area contributed by atoms with Gasteiger partial charge < -0.3 is 9.52 Å². The number of carboxylic acids is 1. The second-order valence-corrected chi connectivity index (χ2v) is 4.04. The number of oxazole rings is 1. The third-order valence-electron chi connectivity index (χ3n) is 2.90. The molecule has 2 unspecified atom stereocenters. The summed E-state index contributed by atoms with van der Waals surface area (Å²) in [5.41, 5.74) is 0.814. The predicted octanol–water partition coefficient (Wildman–Crippen LogP) is 1.76. The molecular weight excluding hydrogens is 208 g/mol. The van der Waals surface area contributed by atoms with E-state index in [4.69, 9.17) is 9.52 Å². The van der Waals surface area contributed by atoms with E-state index in [1.165, 1.54) is 0 Å². The Morgan fingerprint density at radius 2 is 2.00 bits per heavy atom. The fraction of sp³-hybridized carbons (Fsp3) is 0.636. The molecule has 1 heterocycles. The van der Waals surface area contributed by atoms with Crippen molar-refractivity contribution in [2.45, 2.75) is 39.8 Å². The van der Waals surface area contributed by atoms with Crippen LogP contribution < -0.4 is 0 Å². The van der Waals surface area contributed by atoms with E-state index >= 15 is 0 Å². The van der Waals surface area contributed by atoms with E-state index in [-0.39, 0.29) is 6.04 Å². The molecule has 0 spiro atoms. The van der Waals surface area contributed by atoms with Crippen molar-refractivity contribution in [3.8, 4) is 0 Å². The van der Waals surface area contributed by atoms with Crippen molar-refractivity contribution in [2.75, 3.05) is 7.05 Å². The zero-order valence-electron chi connectivity index (χ0n) is 10.3. The van der Waals surface area contributed by atoms with Crippen molar-refractivity contribution in [3.05, 3.63) is 17.3 Å². The number of aliphatic carboxylic acids is 1. The van der Waals surface area contributed by atoms with Gasteiger partial charge >= 0.3 is 5.97 Å². The molecule has 0 amide bonds. The lowest BCUT2D eigenvalue weighted by molar-refractivity contribution is -0.143. The maximum Gasteiger partial charge on any atom is 0.320 e. The number of aromatic nitrogens is 1. The minimum absolute atomic E-state index is 0.104. The van der Waals surface area contributed by atoms with Gasteiger partial charge in [-0.05, 0) is 27.8 Å². The van der Waals surface area contributed by atoms with Crippen molar-refractivity contribution in [3.63, 3.8) is 0 Å². The topological polar surface area (TPSA) is 66.6 Å². The molecule has 90 valence electrons. The highest BCUT2D eigenvalue weighted by Gasteiger charge is 2.26. The molecule has 2 atom stereocenters. The van der Waals surface area contributed by atoms with Crippen LogP contribution in [0.1, 0.15) is 37.2 Å². The molecule has 0 aliphatic heterocycles. The van der Waals surface area contributed by atoms with E-state index in [1.807, 2.05) is 13.8 Å². The van der Waals surface area contributed by atoms with Crippen LogP contribution >= 0.6 is 0 Å². The van der Waals surface area contributed by atoms with Gasteiger partial charge in [0.25, 0.3) is 0 Å². The molecule has 0 aliphatic rings. The van der Waals surface area contributed by atoms with Crippen LogP contribution in [0.4, 0.5) is 0 Å². The lowest BCUT2D eigenvalue weighted by Gasteiger charge is -2.26. The largest absolute Gasteiger partial charge is 0.480 e. The van der Waals surface area contributed by atoms with Crippen LogP contribution in [-0.2, 0) is 4.79 Å². The number of rotatable bonds is 4. The van der Waals surface area contributed by atoms with Gasteiger partial charge in [-0.2, -0.15) is 0 Å². The third kappa shape index (κ3) is 2.41. The number of hydrogen-bond acceptors (Lipinski definition) is 4. The van der Waals surface area contributed by atoms with Crippen LogP contribution in [0.25, 0.3) is 0 Å². The molecule has 0 bridgehead atoms. The first kappa shape index (κ1) is 12.7. The van der Waals surface area contributed by atoms with E-state index in [0.29, 0.717) is 5.89 Å². The summed E-state index contributed by atoms with van der Waals surface area (Å²) in [7, 11) is 1.76. The van der Waals surface area contributed by atoms with Gasteiger partial charge in [0.15, 0.2) is 5.89 Å². The maximum atomic E-state index is 10.9. The molecule has 0 saturated carbocycles. The van der Waals surface area contributed by atoms with Gasteiger partial charge in [0, 0.05) is 6.92 Å². The first-order valence-corrected chi connectivity index (χ1v) is 5.23. The maximum absolute atomic E-state index is 10.9. The van der Waals surface area contributed by atoms with Gasteiger partial charge in [-0.1, -0.05) is 0 Å². The van der Waals surface area contributed by atoms with Crippen LogP contribution in [0.2, 0.25) is 0 Å². The average molecular weight is 226 g/mol. The monoisotopic (exact) mass is 226 g/mol. The number of hydrogen-bond donors (Lipinski definition) is 1. The summed E-state index contributed by atoms with van der Waals surface area (Å²) in [6, 6.07) is -0.660. The molecule has 0 aliphatic carbocycles. The molecule has 0 saturated heterocycles. The van der Waals surface area contributed by atoms with Crippen molar-refractivity contribution >= 4 is 5.97 Å². The molecule has 1 aromatic heterocycles. The third-order valence-corrected chi connectivity index (χ3v) is 2.90. The number of carboxylic acid groups (broad SMARTS) is 1. The van der Waals surface area contributed by atoms with Crippen molar-refractivity contribution in [1.82, 2.24) is 9.88 Å². The van der Waals surface area contributed by atoms with E-state index in [0.717, 1.165) is 11.5 Å². The number of likely N-dealkylation sites (N-methyl/N-ethyl adjacent to an activating group) is 1. The van der Waals surface area contributed by atoms with Crippen molar-refractivity contribution in [1.29, 1.82) is 0 Å². The quantitative estimate of drug-likeness (QED) is 0.847. The Labute approximate surface area is 95.1 Å². The Morgan fingerprint density at radius 1 is 1.44 bits per heavy atom. The summed E-state index contributed by atoms with van der Waals surface area (Å²) in [6.07, 6.45) is 0. The predicted molar refractivity (Wildman–Crippen MR) is 59.3 cm³/mol. The molecule has 0 fully saturated rings. The SMILES string of the molecule is Cc1nc(C)c(C(C)N(C)C(C)C(=O)O)o1. The Hall–Kier alpha value is -1.36. The Morgan fingerprint density at radius 3 is 2.38 bits per heavy atom. The summed E-state index contributed by atoms with van der Waals surface area (Å²) in [5.74, 6) is 0.493. The molecule has 1 aromatic rings. The zero-order valence-corrected chi connectivity index (χ0v) is 10.3. The molecule has 0 radical (unpaired) electrons. The first-order chi connectivity index (χ1) is 7.34. The second kappa shape index (κ2) is 4.65. The summed E-state index contributed by atoms with van der Waals surface area (Å²) < 4.78 is 5.48. The normalized spacial score (nSPS) is 15.1. The summed E-state index contributed by atoms with van der Waals surface area (Å²) in [4.78, 5) is 16.8. The Bertz CT molecular complexity index is 387. The highest BCUT2D eigenvalue weighted by atomic mass is 16.4. The lowest BCUT2D eigenvalue weighted by Crippen LogP contribution is -2.37. The van der Waals surface area contributed by atoms with E-state index in [2.05, 4.69) is 4.98 Å². The number of nitrogens with zero attached hydrogens (tertiary/aromatic N) is 2. The average Bonchev–Trinajstić information content (AvgIpc) is 2.54. The minimum atomic E-state index is -0.844. The van der Waals surface area contributed by atoms with Gasteiger partial charge in [-0.15, -0.1) is 0 Å². The van der Waals surface area contributed by atoms with Crippen LogP contribution in [-0.4, -0.2) is 34.0 Å². The molecule has 16 heavy (non-hydrogen) atoms. The summed E-state index contributed by atoms with van der Waals surface area (Å²) in [6.45, 7) is 7.20. The number of carbonyl (C=O) groups is 1. The Balaban J connectivity index is 2.89. The molecule has 5 heteroatoms. The Kier molecular flexibility index (Phi) is 3.70. The molecule has 5 nitrogen and oxygen atoms in total. The fourth-order valence-corrected chi connectivity index (χ4v) is 1.63. The van der Waals surface area contributed by atoms with E-state index < -0.39 is 12.0 Å². The van der Waals surface area contributed by atoms with Gasteiger partial charge in [-0.3, -0.25) is 9.69 Å². The van der Waals surface area contributed by atoms with Gasteiger partial charge in [0.1, 0.15) is 11.8 Å². The van der Waals surface area contributed by atoms with Gasteiger partial charge in [0.2, 0.25) is 0 Å². The number of aryl methyl sites for hydroxylation is 2. The minimum Gasteiger partial charge on any atom is -0.480 e. The van der Waals surface area contributed by atoms with Crippen LogP contribution in [0.3, 0.4) is 0 Å². The van der Waals surface area contributed by atoms with E-state index in [9.17, 15) is 4.79 Å². The van der Waals surface area contributed by atoms with Crippen LogP contribution in [0.5, 0.6) is 0 Å². The highest BCUT2D eigenvalue weighted by molar-refractivity contribution is 5.72. The molecule has 1 rings (SSSR count). The van der Waals surface area contributed by atoms with Crippen LogP contribution in [0.15, 0.2) is 4.42 Å².